The van der Waals surface area contributed by atoms with Crippen LogP contribution in [0.25, 0.3) is 0 Å². The number of benzene rings is 1. The van der Waals surface area contributed by atoms with Crippen molar-refractivity contribution in [3.63, 3.8) is 0 Å². The number of amides is 1. The highest BCUT2D eigenvalue weighted by molar-refractivity contribution is 5.77. The molecule has 1 aliphatic rings. The van der Waals surface area contributed by atoms with Crippen molar-refractivity contribution in [1.82, 2.24) is 4.90 Å². The second-order valence-corrected chi connectivity index (χ2v) is 5.89. The van der Waals surface area contributed by atoms with Crippen LogP contribution >= 0.6 is 0 Å². The third-order valence-corrected chi connectivity index (χ3v) is 3.99. The quantitative estimate of drug-likeness (QED) is 0.784. The number of nitrogens with zero attached hydrogens (tertiary/aromatic N) is 1. The monoisotopic (exact) mass is 288 g/mol. The van der Waals surface area contributed by atoms with Gasteiger partial charge in [-0.05, 0) is 37.0 Å². The van der Waals surface area contributed by atoms with E-state index in [0.29, 0.717) is 19.6 Å². The minimum Gasteiger partial charge on any atom is -0.490 e. The highest BCUT2D eigenvalue weighted by Crippen LogP contribution is 2.32. The Hall–Kier alpha value is -1.81. The normalized spacial score (nSPS) is 15.9. The zero-order valence-corrected chi connectivity index (χ0v) is 12.7. The summed E-state index contributed by atoms with van der Waals surface area (Å²) in [4.78, 5) is 13.9. The summed E-state index contributed by atoms with van der Waals surface area (Å²) in [7, 11) is 1.83. The maximum absolute atomic E-state index is 12.2. The summed E-state index contributed by atoms with van der Waals surface area (Å²) in [6.07, 6.45) is 5.22. The van der Waals surface area contributed by atoms with E-state index in [1.54, 1.807) is 11.0 Å². The lowest BCUT2D eigenvalue weighted by atomic mass is 9.75. The SMILES string of the molecule is C=CCOc1ccc(CN(C)C(=O)CC2(N)CCC2)cc1. The number of carbonyl (C=O) groups is 1. The summed E-state index contributed by atoms with van der Waals surface area (Å²) in [5.74, 6) is 0.923. The number of hydrogen-bond donors (Lipinski definition) is 1. The molecule has 4 heteroatoms. The lowest BCUT2D eigenvalue weighted by Crippen LogP contribution is -2.50. The van der Waals surface area contributed by atoms with Gasteiger partial charge in [0.1, 0.15) is 12.4 Å². The summed E-state index contributed by atoms with van der Waals surface area (Å²) < 4.78 is 5.44. The maximum Gasteiger partial charge on any atom is 0.224 e. The van der Waals surface area contributed by atoms with Gasteiger partial charge in [-0.2, -0.15) is 0 Å². The molecule has 1 saturated carbocycles. The molecule has 0 atom stereocenters. The second kappa shape index (κ2) is 6.76. The molecule has 0 radical (unpaired) electrons. The molecule has 1 aromatic rings. The van der Waals surface area contributed by atoms with Gasteiger partial charge < -0.3 is 15.4 Å². The summed E-state index contributed by atoms with van der Waals surface area (Å²) >= 11 is 0. The average molecular weight is 288 g/mol. The number of carbonyl (C=O) groups excluding carboxylic acids is 1. The van der Waals surface area contributed by atoms with Crippen molar-refractivity contribution in [1.29, 1.82) is 0 Å². The van der Waals surface area contributed by atoms with E-state index in [2.05, 4.69) is 6.58 Å². The van der Waals surface area contributed by atoms with Gasteiger partial charge in [0.2, 0.25) is 5.91 Å². The zero-order chi connectivity index (χ0) is 15.3. The van der Waals surface area contributed by atoms with Gasteiger partial charge in [0.05, 0.1) is 0 Å². The number of nitrogens with two attached hydrogens (primary N) is 1. The number of ether oxygens (including phenoxy) is 1. The van der Waals surface area contributed by atoms with Crippen LogP contribution in [0.4, 0.5) is 0 Å². The molecule has 1 amide bonds. The molecule has 0 heterocycles. The highest BCUT2D eigenvalue weighted by atomic mass is 16.5. The van der Waals surface area contributed by atoms with Crippen LogP contribution in [0.2, 0.25) is 0 Å². The predicted octanol–water partition coefficient (Wildman–Crippen LogP) is 2.48. The minimum atomic E-state index is -0.256. The molecule has 1 aliphatic carbocycles. The molecule has 0 aliphatic heterocycles. The Labute approximate surface area is 126 Å². The topological polar surface area (TPSA) is 55.6 Å². The van der Waals surface area contributed by atoms with Crippen LogP contribution < -0.4 is 10.5 Å². The largest absolute Gasteiger partial charge is 0.490 e. The van der Waals surface area contributed by atoms with Crippen LogP contribution in [-0.2, 0) is 11.3 Å². The van der Waals surface area contributed by atoms with Crippen molar-refractivity contribution in [2.45, 2.75) is 37.8 Å². The molecule has 0 aromatic heterocycles. The molecule has 1 fully saturated rings. The third kappa shape index (κ3) is 4.33. The first-order valence-electron chi connectivity index (χ1n) is 7.38. The first kappa shape index (κ1) is 15.6. The number of hydrogen-bond acceptors (Lipinski definition) is 3. The Bertz CT molecular complexity index is 492. The summed E-state index contributed by atoms with van der Waals surface area (Å²) in [6.45, 7) is 4.70. The Morgan fingerprint density at radius 3 is 2.62 bits per heavy atom. The van der Waals surface area contributed by atoms with E-state index in [4.69, 9.17) is 10.5 Å². The van der Waals surface area contributed by atoms with Crippen molar-refractivity contribution >= 4 is 5.91 Å². The third-order valence-electron chi connectivity index (χ3n) is 3.99. The van der Waals surface area contributed by atoms with Crippen LogP contribution in [0.3, 0.4) is 0 Å². The van der Waals surface area contributed by atoms with Crippen LogP contribution in [-0.4, -0.2) is 30.0 Å². The van der Waals surface area contributed by atoms with E-state index in [1.165, 1.54) is 0 Å². The van der Waals surface area contributed by atoms with Crippen molar-refractivity contribution < 1.29 is 9.53 Å². The molecule has 2 N–H and O–H groups in total. The lowest BCUT2D eigenvalue weighted by molar-refractivity contribution is -0.132. The van der Waals surface area contributed by atoms with Crippen molar-refractivity contribution in [3.05, 3.63) is 42.5 Å². The molecule has 0 unspecified atom stereocenters. The van der Waals surface area contributed by atoms with Crippen LogP contribution in [0, 0.1) is 0 Å². The van der Waals surface area contributed by atoms with Crippen LogP contribution in [0.5, 0.6) is 5.75 Å². The van der Waals surface area contributed by atoms with Crippen LogP contribution in [0.1, 0.15) is 31.2 Å². The Kier molecular flexibility index (Phi) is 5.02. The van der Waals surface area contributed by atoms with Crippen molar-refractivity contribution in [2.75, 3.05) is 13.7 Å². The van der Waals surface area contributed by atoms with E-state index < -0.39 is 0 Å². The zero-order valence-electron chi connectivity index (χ0n) is 12.7. The molecule has 2 rings (SSSR count). The van der Waals surface area contributed by atoms with Gasteiger partial charge in [-0.3, -0.25) is 4.79 Å². The van der Waals surface area contributed by atoms with Crippen LogP contribution in [0.15, 0.2) is 36.9 Å². The fourth-order valence-electron chi connectivity index (χ4n) is 2.45. The minimum absolute atomic E-state index is 0.115. The van der Waals surface area contributed by atoms with Gasteiger partial charge in [0.15, 0.2) is 0 Å². The molecule has 114 valence electrons. The van der Waals surface area contributed by atoms with Crippen molar-refractivity contribution in [3.8, 4) is 5.75 Å². The van der Waals surface area contributed by atoms with Gasteiger partial charge in [0, 0.05) is 25.6 Å². The Morgan fingerprint density at radius 2 is 2.10 bits per heavy atom. The van der Waals surface area contributed by atoms with Crippen molar-refractivity contribution in [2.24, 2.45) is 5.73 Å². The summed E-state index contributed by atoms with van der Waals surface area (Å²) in [5, 5.41) is 0. The van der Waals surface area contributed by atoms with Gasteiger partial charge >= 0.3 is 0 Å². The fourth-order valence-corrected chi connectivity index (χ4v) is 2.45. The van der Waals surface area contributed by atoms with E-state index in [0.717, 1.165) is 30.6 Å². The molecule has 21 heavy (non-hydrogen) atoms. The van der Waals surface area contributed by atoms with E-state index in [9.17, 15) is 4.79 Å². The first-order valence-corrected chi connectivity index (χ1v) is 7.38. The lowest BCUT2D eigenvalue weighted by Gasteiger charge is -2.38. The Morgan fingerprint density at radius 1 is 1.43 bits per heavy atom. The molecular formula is C17H24N2O2. The fraction of sp³-hybridized carbons (Fsp3) is 0.471. The van der Waals surface area contributed by atoms with E-state index in [1.807, 2.05) is 31.3 Å². The Balaban J connectivity index is 1.85. The summed E-state index contributed by atoms with van der Waals surface area (Å²) in [5.41, 5.74) is 6.95. The highest BCUT2D eigenvalue weighted by Gasteiger charge is 2.35. The number of rotatable bonds is 7. The van der Waals surface area contributed by atoms with Gasteiger partial charge in [-0.1, -0.05) is 24.8 Å². The predicted molar refractivity (Wildman–Crippen MR) is 84.0 cm³/mol. The summed E-state index contributed by atoms with van der Waals surface area (Å²) in [6, 6.07) is 7.77. The molecule has 1 aromatic carbocycles. The first-order chi connectivity index (χ1) is 10.0. The van der Waals surface area contributed by atoms with E-state index >= 15 is 0 Å². The smallest absolute Gasteiger partial charge is 0.224 e. The molecule has 0 bridgehead atoms. The second-order valence-electron chi connectivity index (χ2n) is 5.89. The molecule has 0 spiro atoms. The standard InChI is InChI=1S/C17H24N2O2/c1-3-11-21-15-7-5-14(6-8-15)13-19(2)16(20)12-17(18)9-4-10-17/h3,5-8H,1,4,9-13,18H2,2H3. The average Bonchev–Trinajstić information content (AvgIpc) is 2.44. The van der Waals surface area contributed by atoms with E-state index in [-0.39, 0.29) is 11.4 Å². The molecule has 4 nitrogen and oxygen atoms in total. The van der Waals surface area contributed by atoms with Gasteiger partial charge in [0.25, 0.3) is 0 Å². The van der Waals surface area contributed by atoms with Gasteiger partial charge in [-0.15, -0.1) is 0 Å². The maximum atomic E-state index is 12.2. The molecular weight excluding hydrogens is 264 g/mol. The molecule has 0 saturated heterocycles. The van der Waals surface area contributed by atoms with Gasteiger partial charge in [-0.25, -0.2) is 0 Å².